The van der Waals surface area contributed by atoms with Crippen LogP contribution < -0.4 is 10.6 Å². The number of benzene rings is 1. The molecule has 1 aromatic carbocycles. The van der Waals surface area contributed by atoms with Gasteiger partial charge < -0.3 is 15.7 Å². The molecule has 1 aromatic rings. The fourth-order valence-corrected chi connectivity index (χ4v) is 1.57. The van der Waals surface area contributed by atoms with Gasteiger partial charge in [0, 0.05) is 24.8 Å². The van der Waals surface area contributed by atoms with E-state index in [4.69, 9.17) is 10.8 Å². The second-order valence-electron chi connectivity index (χ2n) is 4.13. The summed E-state index contributed by atoms with van der Waals surface area (Å²) in [4.78, 5) is 1.90. The second kappa shape index (κ2) is 5.27. The molecule has 0 saturated heterocycles. The summed E-state index contributed by atoms with van der Waals surface area (Å²) in [5.74, 6) is -0.291. The van der Waals surface area contributed by atoms with E-state index in [0.29, 0.717) is 0 Å². The first-order valence-corrected chi connectivity index (χ1v) is 5.36. The van der Waals surface area contributed by atoms with Gasteiger partial charge in [0.1, 0.15) is 5.82 Å². The zero-order valence-electron chi connectivity index (χ0n) is 9.94. The van der Waals surface area contributed by atoms with Crippen molar-refractivity contribution in [1.82, 2.24) is 0 Å². The molecule has 0 bridgehead atoms. The quantitative estimate of drug-likeness (QED) is 0.821. The Labute approximate surface area is 95.7 Å². The van der Waals surface area contributed by atoms with Crippen LogP contribution in [0.5, 0.6) is 0 Å². The Balaban J connectivity index is 3.12. The zero-order valence-corrected chi connectivity index (χ0v) is 9.94. The lowest BCUT2D eigenvalue weighted by atomic mass is 10.0. The van der Waals surface area contributed by atoms with Gasteiger partial charge in [-0.15, -0.1) is 0 Å². The highest BCUT2D eigenvalue weighted by atomic mass is 19.1. The van der Waals surface area contributed by atoms with Crippen molar-refractivity contribution in [3.8, 4) is 0 Å². The molecule has 0 aliphatic rings. The molecule has 1 rings (SSSR count). The molecule has 90 valence electrons. The van der Waals surface area contributed by atoms with Crippen LogP contribution in [-0.4, -0.2) is 24.8 Å². The summed E-state index contributed by atoms with van der Waals surface area (Å²) in [6.45, 7) is 3.76. The molecule has 0 saturated carbocycles. The van der Waals surface area contributed by atoms with Crippen molar-refractivity contribution < 1.29 is 9.50 Å². The highest BCUT2D eigenvalue weighted by Gasteiger charge is 2.15. The molecule has 0 spiro atoms. The van der Waals surface area contributed by atoms with Crippen LogP contribution in [0.3, 0.4) is 0 Å². The fraction of sp³-hybridized carbons (Fsp3) is 0.500. The van der Waals surface area contributed by atoms with Crippen molar-refractivity contribution in [2.45, 2.75) is 25.9 Å². The molecular weight excluding hydrogens is 207 g/mol. The number of aliphatic hydroxyl groups excluding tert-OH is 1. The number of rotatable bonds is 4. The fourth-order valence-electron chi connectivity index (χ4n) is 1.57. The van der Waals surface area contributed by atoms with Gasteiger partial charge in [-0.2, -0.15) is 0 Å². The van der Waals surface area contributed by atoms with Gasteiger partial charge in [0.15, 0.2) is 0 Å². The van der Waals surface area contributed by atoms with Gasteiger partial charge in [0.25, 0.3) is 0 Å². The van der Waals surface area contributed by atoms with Crippen LogP contribution >= 0.6 is 0 Å². The molecule has 16 heavy (non-hydrogen) atoms. The maximum Gasteiger partial charge on any atom is 0.123 e. The van der Waals surface area contributed by atoms with E-state index in [0.717, 1.165) is 11.3 Å². The standard InChI is InChI=1S/C12H19FN2O/c1-8(7-16)15(3)12-5-4-10(13)6-11(12)9(2)14/h4-6,8-9,16H,7,14H2,1-3H3/t8?,9-/m1/s1. The number of halogens is 1. The minimum atomic E-state index is -0.291. The Kier molecular flexibility index (Phi) is 4.26. The van der Waals surface area contributed by atoms with Gasteiger partial charge in [-0.1, -0.05) is 0 Å². The summed E-state index contributed by atoms with van der Waals surface area (Å²) < 4.78 is 13.1. The van der Waals surface area contributed by atoms with Crippen LogP contribution in [-0.2, 0) is 0 Å². The zero-order chi connectivity index (χ0) is 12.3. The summed E-state index contributed by atoms with van der Waals surface area (Å²) in [7, 11) is 1.86. The van der Waals surface area contributed by atoms with Crippen LogP contribution in [0.15, 0.2) is 18.2 Å². The Morgan fingerprint density at radius 3 is 2.56 bits per heavy atom. The molecule has 0 aliphatic carbocycles. The van der Waals surface area contributed by atoms with Gasteiger partial charge in [-0.05, 0) is 37.6 Å². The number of likely N-dealkylation sites (N-methyl/N-ethyl adjacent to an activating group) is 1. The number of hydrogen-bond donors (Lipinski definition) is 2. The number of hydrogen-bond acceptors (Lipinski definition) is 3. The minimum Gasteiger partial charge on any atom is -0.394 e. The molecule has 0 heterocycles. The van der Waals surface area contributed by atoms with Crippen LogP contribution in [0.1, 0.15) is 25.5 Å². The van der Waals surface area contributed by atoms with E-state index >= 15 is 0 Å². The van der Waals surface area contributed by atoms with E-state index in [1.54, 1.807) is 6.07 Å². The summed E-state index contributed by atoms with van der Waals surface area (Å²) in [6.07, 6.45) is 0. The first-order valence-electron chi connectivity index (χ1n) is 5.36. The molecule has 3 N–H and O–H groups in total. The van der Waals surface area contributed by atoms with E-state index in [9.17, 15) is 4.39 Å². The lowest BCUT2D eigenvalue weighted by molar-refractivity contribution is 0.270. The third-order valence-corrected chi connectivity index (χ3v) is 2.79. The average Bonchev–Trinajstić information content (AvgIpc) is 2.26. The van der Waals surface area contributed by atoms with Gasteiger partial charge in [-0.3, -0.25) is 0 Å². The molecule has 0 aromatic heterocycles. The third kappa shape index (κ3) is 2.71. The molecular formula is C12H19FN2O. The summed E-state index contributed by atoms with van der Waals surface area (Å²) in [5.41, 5.74) is 7.42. The lowest BCUT2D eigenvalue weighted by Gasteiger charge is -2.28. The van der Waals surface area contributed by atoms with Gasteiger partial charge >= 0.3 is 0 Å². The van der Waals surface area contributed by atoms with Crippen molar-refractivity contribution in [2.24, 2.45) is 5.73 Å². The van der Waals surface area contributed by atoms with E-state index in [1.807, 2.05) is 25.8 Å². The first-order chi connectivity index (χ1) is 7.47. The average molecular weight is 226 g/mol. The Morgan fingerprint density at radius 1 is 1.44 bits per heavy atom. The Hall–Kier alpha value is -1.13. The lowest BCUT2D eigenvalue weighted by Crippen LogP contribution is -2.33. The number of aliphatic hydroxyl groups is 1. The van der Waals surface area contributed by atoms with Crippen LogP contribution in [0, 0.1) is 5.82 Å². The van der Waals surface area contributed by atoms with E-state index in [2.05, 4.69) is 0 Å². The minimum absolute atomic E-state index is 0.0250. The maximum absolute atomic E-state index is 13.1. The molecule has 0 aliphatic heterocycles. The monoisotopic (exact) mass is 226 g/mol. The second-order valence-corrected chi connectivity index (χ2v) is 4.13. The highest BCUT2D eigenvalue weighted by molar-refractivity contribution is 5.55. The summed E-state index contributed by atoms with van der Waals surface area (Å²) in [6, 6.07) is 4.28. The maximum atomic E-state index is 13.1. The molecule has 1 unspecified atom stereocenters. The SMILES string of the molecule is CC(CO)N(C)c1ccc(F)cc1[C@@H](C)N. The van der Waals surface area contributed by atoms with Crippen LogP contribution in [0.4, 0.5) is 10.1 Å². The van der Waals surface area contributed by atoms with Crippen LogP contribution in [0.25, 0.3) is 0 Å². The first kappa shape index (κ1) is 12.9. The number of anilines is 1. The van der Waals surface area contributed by atoms with Gasteiger partial charge in [-0.25, -0.2) is 4.39 Å². The largest absolute Gasteiger partial charge is 0.394 e. The molecule has 2 atom stereocenters. The van der Waals surface area contributed by atoms with Crippen molar-refractivity contribution in [2.75, 3.05) is 18.6 Å². The van der Waals surface area contributed by atoms with Crippen molar-refractivity contribution >= 4 is 5.69 Å². The third-order valence-electron chi connectivity index (χ3n) is 2.79. The van der Waals surface area contributed by atoms with Crippen molar-refractivity contribution in [3.63, 3.8) is 0 Å². The molecule has 0 radical (unpaired) electrons. The highest BCUT2D eigenvalue weighted by Crippen LogP contribution is 2.26. The Morgan fingerprint density at radius 2 is 2.06 bits per heavy atom. The predicted molar refractivity (Wildman–Crippen MR) is 64.0 cm³/mol. The topological polar surface area (TPSA) is 49.5 Å². The molecule has 0 amide bonds. The van der Waals surface area contributed by atoms with Crippen molar-refractivity contribution in [1.29, 1.82) is 0 Å². The van der Waals surface area contributed by atoms with E-state index < -0.39 is 0 Å². The van der Waals surface area contributed by atoms with E-state index in [-0.39, 0.29) is 24.5 Å². The normalized spacial score (nSPS) is 14.6. The predicted octanol–water partition coefficient (Wildman–Crippen LogP) is 1.66. The van der Waals surface area contributed by atoms with Gasteiger partial charge in [0.05, 0.1) is 6.61 Å². The molecule has 0 fully saturated rings. The van der Waals surface area contributed by atoms with Crippen LogP contribution in [0.2, 0.25) is 0 Å². The smallest absolute Gasteiger partial charge is 0.123 e. The Bertz CT molecular complexity index is 355. The van der Waals surface area contributed by atoms with E-state index in [1.165, 1.54) is 12.1 Å². The van der Waals surface area contributed by atoms with Crippen molar-refractivity contribution in [3.05, 3.63) is 29.6 Å². The number of nitrogens with zero attached hydrogens (tertiary/aromatic N) is 1. The number of nitrogens with two attached hydrogens (primary N) is 1. The molecule has 3 nitrogen and oxygen atoms in total. The van der Waals surface area contributed by atoms with Gasteiger partial charge in [0.2, 0.25) is 0 Å². The summed E-state index contributed by atoms with van der Waals surface area (Å²) in [5, 5.41) is 9.10. The summed E-state index contributed by atoms with van der Waals surface area (Å²) >= 11 is 0. The molecule has 4 heteroatoms.